The van der Waals surface area contributed by atoms with E-state index in [2.05, 4.69) is 19.1 Å². The first-order chi connectivity index (χ1) is 12.7. The van der Waals surface area contributed by atoms with E-state index in [0.717, 1.165) is 24.2 Å². The second kappa shape index (κ2) is 8.86. The van der Waals surface area contributed by atoms with Crippen LogP contribution in [0.2, 0.25) is 0 Å². The molecule has 2 aromatic carbocycles. The summed E-state index contributed by atoms with van der Waals surface area (Å²) < 4.78 is 11.0. The molecule has 0 bridgehead atoms. The lowest BCUT2D eigenvalue weighted by molar-refractivity contribution is -0.00506. The molecule has 1 saturated heterocycles. The van der Waals surface area contributed by atoms with Crippen LogP contribution in [0.1, 0.15) is 41.6 Å². The van der Waals surface area contributed by atoms with Crippen LogP contribution in [-0.4, -0.2) is 43.7 Å². The Morgan fingerprint density at radius 1 is 1.23 bits per heavy atom. The van der Waals surface area contributed by atoms with Gasteiger partial charge in [-0.25, -0.2) is 0 Å². The van der Waals surface area contributed by atoms with Crippen LogP contribution in [0.4, 0.5) is 0 Å². The zero-order valence-electron chi connectivity index (χ0n) is 15.6. The molecule has 0 spiro atoms. The summed E-state index contributed by atoms with van der Waals surface area (Å²) in [6.45, 7) is 4.11. The van der Waals surface area contributed by atoms with Gasteiger partial charge in [0.2, 0.25) is 0 Å². The molecule has 0 saturated carbocycles. The first-order valence-corrected chi connectivity index (χ1v) is 9.26. The summed E-state index contributed by atoms with van der Waals surface area (Å²) >= 11 is 0. The van der Waals surface area contributed by atoms with Gasteiger partial charge in [0.1, 0.15) is 5.75 Å². The van der Waals surface area contributed by atoms with E-state index in [1.54, 1.807) is 7.11 Å². The fourth-order valence-corrected chi connectivity index (χ4v) is 3.47. The normalized spacial score (nSPS) is 18.4. The van der Waals surface area contributed by atoms with Crippen molar-refractivity contribution in [1.29, 1.82) is 0 Å². The molecule has 4 heteroatoms. The summed E-state index contributed by atoms with van der Waals surface area (Å²) in [6.07, 6.45) is 1.93. The van der Waals surface area contributed by atoms with E-state index in [9.17, 15) is 4.79 Å². The van der Waals surface area contributed by atoms with Crippen molar-refractivity contribution < 1.29 is 14.3 Å². The minimum atomic E-state index is 0.105. The van der Waals surface area contributed by atoms with Crippen molar-refractivity contribution in [3.8, 4) is 5.75 Å². The highest BCUT2D eigenvalue weighted by Gasteiger charge is 2.28. The van der Waals surface area contributed by atoms with Crippen molar-refractivity contribution in [1.82, 2.24) is 4.90 Å². The van der Waals surface area contributed by atoms with E-state index in [1.165, 1.54) is 5.56 Å². The van der Waals surface area contributed by atoms with Gasteiger partial charge in [0.15, 0.2) is 0 Å². The topological polar surface area (TPSA) is 38.8 Å². The van der Waals surface area contributed by atoms with E-state index in [-0.39, 0.29) is 11.9 Å². The molecule has 1 heterocycles. The van der Waals surface area contributed by atoms with Crippen LogP contribution in [0.5, 0.6) is 5.75 Å². The average molecular weight is 353 g/mol. The summed E-state index contributed by atoms with van der Waals surface area (Å²) in [5, 5.41) is 0. The van der Waals surface area contributed by atoms with Crippen LogP contribution in [0.3, 0.4) is 0 Å². The maximum atomic E-state index is 12.9. The fraction of sp³-hybridized carbons (Fsp3) is 0.409. The van der Waals surface area contributed by atoms with Crippen LogP contribution in [0.15, 0.2) is 54.6 Å². The maximum Gasteiger partial charge on any atom is 0.254 e. The van der Waals surface area contributed by atoms with Gasteiger partial charge in [-0.1, -0.05) is 37.3 Å². The highest BCUT2D eigenvalue weighted by Crippen LogP contribution is 2.26. The summed E-state index contributed by atoms with van der Waals surface area (Å²) in [5.41, 5.74) is 2.02. The van der Waals surface area contributed by atoms with E-state index < -0.39 is 0 Å². The Bertz CT molecular complexity index is 716. The molecule has 0 aliphatic carbocycles. The number of carbonyl (C=O) groups excluding carboxylic acids is 1. The van der Waals surface area contributed by atoms with Crippen molar-refractivity contribution in [3.05, 3.63) is 65.7 Å². The molecule has 1 amide bonds. The summed E-state index contributed by atoms with van der Waals surface area (Å²) in [7, 11) is 1.69. The molecule has 1 unspecified atom stereocenters. The zero-order valence-corrected chi connectivity index (χ0v) is 15.6. The molecule has 1 aliphatic heterocycles. The van der Waals surface area contributed by atoms with Crippen LogP contribution < -0.4 is 4.74 Å². The summed E-state index contributed by atoms with van der Waals surface area (Å²) in [4.78, 5) is 14.8. The van der Waals surface area contributed by atoms with Gasteiger partial charge in [0.25, 0.3) is 5.91 Å². The fourth-order valence-electron chi connectivity index (χ4n) is 3.47. The Morgan fingerprint density at radius 3 is 2.81 bits per heavy atom. The Kier molecular flexibility index (Phi) is 6.29. The molecule has 2 aromatic rings. The number of rotatable bonds is 6. The molecular formula is C22H27NO3. The third-order valence-corrected chi connectivity index (χ3v) is 5.10. The van der Waals surface area contributed by atoms with Crippen LogP contribution in [0.25, 0.3) is 0 Å². The third-order valence-electron chi connectivity index (χ3n) is 5.10. The van der Waals surface area contributed by atoms with Gasteiger partial charge in [-0.2, -0.15) is 0 Å². The highest BCUT2D eigenvalue weighted by molar-refractivity contribution is 5.94. The number of carbonyl (C=O) groups is 1. The zero-order chi connectivity index (χ0) is 18.4. The predicted molar refractivity (Wildman–Crippen MR) is 103 cm³/mol. The van der Waals surface area contributed by atoms with Crippen molar-refractivity contribution in [2.75, 3.05) is 26.9 Å². The van der Waals surface area contributed by atoms with Gasteiger partial charge in [0, 0.05) is 12.1 Å². The number of hydrogen-bond donors (Lipinski definition) is 0. The number of ether oxygens (including phenoxy) is 2. The number of methoxy groups -OCH3 is 1. The lowest BCUT2D eigenvalue weighted by atomic mass is 9.93. The van der Waals surface area contributed by atoms with Gasteiger partial charge < -0.3 is 14.4 Å². The molecule has 3 rings (SSSR count). The number of morpholine rings is 1. The molecule has 2 atom stereocenters. The first-order valence-electron chi connectivity index (χ1n) is 9.26. The molecule has 1 aliphatic rings. The number of nitrogens with zero attached hydrogens (tertiary/aromatic N) is 1. The Hall–Kier alpha value is -2.33. The van der Waals surface area contributed by atoms with E-state index in [1.807, 2.05) is 47.4 Å². The molecular weight excluding hydrogens is 326 g/mol. The van der Waals surface area contributed by atoms with Gasteiger partial charge >= 0.3 is 0 Å². The molecule has 1 fully saturated rings. The second-order valence-corrected chi connectivity index (χ2v) is 6.85. The minimum Gasteiger partial charge on any atom is -0.497 e. The SMILES string of the molecule is COc1cccc([C@@H](C)CCC2COCCN2C(=O)c2ccccc2)c1. The molecule has 138 valence electrons. The van der Waals surface area contributed by atoms with Gasteiger partial charge in [0.05, 0.1) is 26.4 Å². The summed E-state index contributed by atoms with van der Waals surface area (Å²) in [5.74, 6) is 1.39. The smallest absolute Gasteiger partial charge is 0.254 e. The molecule has 0 aromatic heterocycles. The first kappa shape index (κ1) is 18.5. The second-order valence-electron chi connectivity index (χ2n) is 6.85. The highest BCUT2D eigenvalue weighted by atomic mass is 16.5. The molecule has 26 heavy (non-hydrogen) atoms. The Morgan fingerprint density at radius 2 is 2.04 bits per heavy atom. The minimum absolute atomic E-state index is 0.105. The standard InChI is InChI=1S/C22H27NO3/c1-17(19-9-6-10-21(15-19)25-2)11-12-20-16-26-14-13-23(20)22(24)18-7-4-3-5-8-18/h3-10,15,17,20H,11-14,16H2,1-2H3/t17-,20?/m0/s1. The quantitative estimate of drug-likeness (QED) is 0.784. The van der Waals surface area contributed by atoms with Crippen molar-refractivity contribution in [3.63, 3.8) is 0 Å². The summed E-state index contributed by atoms with van der Waals surface area (Å²) in [6, 6.07) is 17.9. The van der Waals surface area contributed by atoms with Crippen molar-refractivity contribution >= 4 is 5.91 Å². The van der Waals surface area contributed by atoms with Crippen LogP contribution in [-0.2, 0) is 4.74 Å². The maximum absolute atomic E-state index is 12.9. The third kappa shape index (κ3) is 4.44. The number of hydrogen-bond acceptors (Lipinski definition) is 3. The molecule has 0 N–H and O–H groups in total. The molecule has 4 nitrogen and oxygen atoms in total. The predicted octanol–water partition coefficient (Wildman–Crippen LogP) is 4.12. The van der Waals surface area contributed by atoms with E-state index in [4.69, 9.17) is 9.47 Å². The lowest BCUT2D eigenvalue weighted by Crippen LogP contribution is -2.48. The van der Waals surface area contributed by atoms with Gasteiger partial charge in [-0.05, 0) is 48.6 Å². The number of benzene rings is 2. The average Bonchev–Trinajstić information content (AvgIpc) is 2.72. The Balaban J connectivity index is 1.64. The van der Waals surface area contributed by atoms with Gasteiger partial charge in [-0.3, -0.25) is 4.79 Å². The van der Waals surface area contributed by atoms with E-state index in [0.29, 0.717) is 25.7 Å². The van der Waals surface area contributed by atoms with Crippen LogP contribution >= 0.6 is 0 Å². The lowest BCUT2D eigenvalue weighted by Gasteiger charge is -2.36. The largest absolute Gasteiger partial charge is 0.497 e. The monoisotopic (exact) mass is 353 g/mol. The van der Waals surface area contributed by atoms with E-state index >= 15 is 0 Å². The van der Waals surface area contributed by atoms with Crippen molar-refractivity contribution in [2.24, 2.45) is 0 Å². The number of amides is 1. The Labute approximate surface area is 155 Å². The van der Waals surface area contributed by atoms with Crippen LogP contribution in [0, 0.1) is 0 Å². The molecule has 0 radical (unpaired) electrons. The van der Waals surface area contributed by atoms with Crippen molar-refractivity contribution in [2.45, 2.75) is 31.7 Å². The van der Waals surface area contributed by atoms with Gasteiger partial charge in [-0.15, -0.1) is 0 Å².